The number of rotatable bonds is 5. The molecule has 1 rings (SSSR count). The summed E-state index contributed by atoms with van der Waals surface area (Å²) in [4.78, 5) is 9.74. The lowest BCUT2D eigenvalue weighted by Gasteiger charge is -2.10. The molecule has 3 N–H and O–H groups in total. The van der Waals surface area contributed by atoms with E-state index in [4.69, 9.17) is 5.73 Å². The van der Waals surface area contributed by atoms with Crippen molar-refractivity contribution in [3.05, 3.63) is 28.3 Å². The average Bonchev–Trinajstić information content (AvgIpc) is 2.26. The zero-order valence-electron chi connectivity index (χ0n) is 10.1. The monoisotopic (exact) mass is 273 g/mol. The first kappa shape index (κ1) is 14.4. The Balaban J connectivity index is 3.06. The normalized spacial score (nSPS) is 11.7. The maximum Gasteiger partial charge on any atom is 0.271 e. The molecule has 8 heteroatoms. The van der Waals surface area contributed by atoms with Crippen LogP contribution in [0.2, 0.25) is 0 Å². The van der Waals surface area contributed by atoms with Crippen molar-refractivity contribution in [3.63, 3.8) is 0 Å². The zero-order valence-corrected chi connectivity index (χ0v) is 10.9. The zero-order chi connectivity index (χ0) is 13.9. The van der Waals surface area contributed by atoms with Crippen molar-refractivity contribution < 1.29 is 13.3 Å². The quantitative estimate of drug-likeness (QED) is 0.473. The topological polar surface area (TPSA) is 115 Å². The Labute approximate surface area is 105 Å². The van der Waals surface area contributed by atoms with E-state index in [1.54, 1.807) is 0 Å². The van der Waals surface area contributed by atoms with Crippen LogP contribution in [0.15, 0.2) is 23.1 Å². The average molecular weight is 273 g/mol. The minimum Gasteiger partial charge on any atom is -0.397 e. The van der Waals surface area contributed by atoms with Crippen LogP contribution in [0.3, 0.4) is 0 Å². The summed E-state index contributed by atoms with van der Waals surface area (Å²) in [6.45, 7) is 4.00. The third-order valence-electron chi connectivity index (χ3n) is 2.18. The van der Waals surface area contributed by atoms with Crippen molar-refractivity contribution >= 4 is 21.4 Å². The van der Waals surface area contributed by atoms with Crippen LogP contribution in [0, 0.1) is 16.0 Å². The molecule has 0 atom stereocenters. The fourth-order valence-corrected chi connectivity index (χ4v) is 2.57. The number of hydrogen-bond acceptors (Lipinski definition) is 5. The molecule has 0 aliphatic rings. The van der Waals surface area contributed by atoms with Crippen LogP contribution in [-0.2, 0) is 10.0 Å². The molecule has 0 saturated carbocycles. The van der Waals surface area contributed by atoms with Gasteiger partial charge >= 0.3 is 0 Å². The molecule has 18 heavy (non-hydrogen) atoms. The van der Waals surface area contributed by atoms with Crippen molar-refractivity contribution in [2.24, 2.45) is 5.92 Å². The van der Waals surface area contributed by atoms with Gasteiger partial charge in [-0.15, -0.1) is 0 Å². The third kappa shape index (κ3) is 3.41. The number of hydrogen-bond donors (Lipinski definition) is 2. The van der Waals surface area contributed by atoms with Gasteiger partial charge in [0.2, 0.25) is 10.0 Å². The van der Waals surface area contributed by atoms with E-state index < -0.39 is 14.9 Å². The first-order chi connectivity index (χ1) is 8.24. The van der Waals surface area contributed by atoms with Crippen LogP contribution in [-0.4, -0.2) is 19.9 Å². The van der Waals surface area contributed by atoms with Gasteiger partial charge in [0, 0.05) is 18.7 Å². The molecule has 0 spiro atoms. The molecule has 0 heterocycles. The van der Waals surface area contributed by atoms with E-state index >= 15 is 0 Å². The Morgan fingerprint density at radius 2 is 2.06 bits per heavy atom. The van der Waals surface area contributed by atoms with E-state index in [0.717, 1.165) is 18.2 Å². The van der Waals surface area contributed by atoms with Crippen LogP contribution in [0.5, 0.6) is 0 Å². The summed E-state index contributed by atoms with van der Waals surface area (Å²) in [5.74, 6) is 0.152. The minimum atomic E-state index is -3.73. The van der Waals surface area contributed by atoms with Crippen molar-refractivity contribution in [3.8, 4) is 0 Å². The van der Waals surface area contributed by atoms with Crippen molar-refractivity contribution in [1.82, 2.24) is 4.72 Å². The molecule has 7 nitrogen and oxygen atoms in total. The van der Waals surface area contributed by atoms with Crippen LogP contribution >= 0.6 is 0 Å². The largest absolute Gasteiger partial charge is 0.397 e. The minimum absolute atomic E-state index is 0.138. The predicted octanol–water partition coefficient (Wildman–Crippen LogP) is 1.11. The SMILES string of the molecule is CC(C)CNS(=O)(=O)c1ccc([N+](=O)[O-])cc1N. The molecule has 0 aliphatic heterocycles. The van der Waals surface area contributed by atoms with Crippen LogP contribution in [0.4, 0.5) is 11.4 Å². The Hall–Kier alpha value is -1.67. The fourth-order valence-electron chi connectivity index (χ4n) is 1.25. The van der Waals surface area contributed by atoms with Gasteiger partial charge in [0.1, 0.15) is 4.90 Å². The molecule has 1 aromatic rings. The highest BCUT2D eigenvalue weighted by Crippen LogP contribution is 2.23. The molecular formula is C10H15N3O4S. The van der Waals surface area contributed by atoms with E-state index in [-0.39, 0.29) is 28.7 Å². The lowest BCUT2D eigenvalue weighted by Crippen LogP contribution is -2.28. The molecule has 0 fully saturated rings. The molecule has 0 radical (unpaired) electrons. The molecule has 100 valence electrons. The molecule has 0 aliphatic carbocycles. The summed E-state index contributed by atoms with van der Waals surface area (Å²) >= 11 is 0. The van der Waals surface area contributed by atoms with Crippen molar-refractivity contribution in [1.29, 1.82) is 0 Å². The predicted molar refractivity (Wildman–Crippen MR) is 67.5 cm³/mol. The summed E-state index contributed by atoms with van der Waals surface area (Å²) in [5.41, 5.74) is 5.15. The van der Waals surface area contributed by atoms with Crippen LogP contribution in [0.1, 0.15) is 13.8 Å². The standard InChI is InChI=1S/C10H15N3O4S/c1-7(2)6-12-18(16,17)10-4-3-8(13(14)15)5-9(10)11/h3-5,7,12H,6,11H2,1-2H3. The van der Waals surface area contributed by atoms with Gasteiger partial charge in [-0.05, 0) is 12.0 Å². The molecule has 0 bridgehead atoms. The number of benzene rings is 1. The number of nitrogens with two attached hydrogens (primary N) is 1. The van der Waals surface area contributed by atoms with Crippen LogP contribution < -0.4 is 10.5 Å². The van der Waals surface area contributed by atoms with E-state index in [2.05, 4.69) is 4.72 Å². The van der Waals surface area contributed by atoms with Gasteiger partial charge in [-0.3, -0.25) is 10.1 Å². The second-order valence-electron chi connectivity index (χ2n) is 4.22. The summed E-state index contributed by atoms with van der Waals surface area (Å²) in [5, 5.41) is 10.5. The lowest BCUT2D eigenvalue weighted by molar-refractivity contribution is -0.384. The van der Waals surface area contributed by atoms with Gasteiger partial charge in [0.25, 0.3) is 5.69 Å². The Kier molecular flexibility index (Phi) is 4.25. The van der Waals surface area contributed by atoms with E-state index in [9.17, 15) is 18.5 Å². The smallest absolute Gasteiger partial charge is 0.271 e. The van der Waals surface area contributed by atoms with Crippen LogP contribution in [0.25, 0.3) is 0 Å². The van der Waals surface area contributed by atoms with Gasteiger partial charge < -0.3 is 5.73 Å². The van der Waals surface area contributed by atoms with Gasteiger partial charge in [-0.2, -0.15) is 0 Å². The highest BCUT2D eigenvalue weighted by molar-refractivity contribution is 7.89. The van der Waals surface area contributed by atoms with Gasteiger partial charge in [0.15, 0.2) is 0 Å². The molecule has 0 saturated heterocycles. The number of nitrogens with zero attached hydrogens (tertiary/aromatic N) is 1. The number of anilines is 1. The number of non-ortho nitro benzene ring substituents is 1. The molecule has 0 amide bonds. The van der Waals surface area contributed by atoms with E-state index in [1.807, 2.05) is 13.8 Å². The number of sulfonamides is 1. The molecular weight excluding hydrogens is 258 g/mol. The summed E-state index contributed by atoms with van der Waals surface area (Å²) in [6, 6.07) is 3.28. The first-order valence-corrected chi connectivity index (χ1v) is 6.76. The second kappa shape index (κ2) is 5.32. The number of nitro benzene ring substituents is 1. The molecule has 1 aromatic carbocycles. The highest BCUT2D eigenvalue weighted by atomic mass is 32.2. The fraction of sp³-hybridized carbons (Fsp3) is 0.400. The van der Waals surface area contributed by atoms with Gasteiger partial charge in [-0.1, -0.05) is 13.8 Å². The Morgan fingerprint density at radius 3 is 2.50 bits per heavy atom. The molecule has 0 unspecified atom stereocenters. The number of nitrogens with one attached hydrogen (secondary N) is 1. The number of nitro groups is 1. The van der Waals surface area contributed by atoms with Gasteiger partial charge in [-0.25, -0.2) is 13.1 Å². The Morgan fingerprint density at radius 1 is 1.44 bits per heavy atom. The maximum absolute atomic E-state index is 11.9. The number of nitrogen functional groups attached to an aromatic ring is 1. The lowest BCUT2D eigenvalue weighted by atomic mass is 10.2. The van der Waals surface area contributed by atoms with E-state index in [0.29, 0.717) is 0 Å². The van der Waals surface area contributed by atoms with E-state index in [1.165, 1.54) is 0 Å². The third-order valence-corrected chi connectivity index (χ3v) is 3.67. The van der Waals surface area contributed by atoms with Crippen molar-refractivity contribution in [2.75, 3.05) is 12.3 Å². The summed E-state index contributed by atoms with van der Waals surface area (Å²) in [7, 11) is -3.73. The highest BCUT2D eigenvalue weighted by Gasteiger charge is 2.19. The second-order valence-corrected chi connectivity index (χ2v) is 5.96. The molecule has 0 aromatic heterocycles. The summed E-state index contributed by atoms with van der Waals surface area (Å²) < 4.78 is 26.1. The van der Waals surface area contributed by atoms with Gasteiger partial charge in [0.05, 0.1) is 10.6 Å². The first-order valence-electron chi connectivity index (χ1n) is 5.27. The van der Waals surface area contributed by atoms with Crippen molar-refractivity contribution in [2.45, 2.75) is 18.7 Å². The maximum atomic E-state index is 11.9. The summed E-state index contributed by atoms with van der Waals surface area (Å²) in [6.07, 6.45) is 0. The Bertz CT molecular complexity index is 554.